The predicted octanol–water partition coefficient (Wildman–Crippen LogP) is 0.544. The van der Waals surface area contributed by atoms with Crippen molar-refractivity contribution < 1.29 is 14.3 Å². The monoisotopic (exact) mass is 398 g/mol. The van der Waals surface area contributed by atoms with Crippen LogP contribution >= 0.6 is 0 Å². The molecule has 0 saturated carbocycles. The first-order valence-corrected chi connectivity index (χ1v) is 9.21. The molecule has 0 aliphatic carbocycles. The van der Waals surface area contributed by atoms with Crippen molar-refractivity contribution in [2.75, 3.05) is 6.54 Å². The zero-order valence-corrected chi connectivity index (χ0v) is 16.3. The molecule has 1 amide bonds. The Bertz CT molecular complexity index is 1070. The molecule has 29 heavy (non-hydrogen) atoms. The standard InChI is InChI=1S/C20H22N4O5/c1-22-15(12-18(26)23(2)20(22)28)13-29-19(27)9-8-17(25)24-11-10-16(21-24)14-6-4-3-5-7-14/h3-7,12H,8-11,13H2,1-2H3. The highest BCUT2D eigenvalue weighted by Gasteiger charge is 2.22. The molecule has 0 spiro atoms. The SMILES string of the molecule is Cn1c(COC(=O)CCC(=O)N2CCC(c3ccccc3)=N2)cc(=O)n(C)c1=O. The number of rotatable bonds is 6. The molecule has 0 N–H and O–H groups in total. The Kier molecular flexibility index (Phi) is 6.06. The number of carbonyl (C=O) groups is 2. The lowest BCUT2D eigenvalue weighted by atomic mass is 10.1. The van der Waals surface area contributed by atoms with E-state index in [1.807, 2.05) is 30.3 Å². The smallest absolute Gasteiger partial charge is 0.330 e. The lowest BCUT2D eigenvalue weighted by Crippen LogP contribution is -2.38. The third-order valence-electron chi connectivity index (χ3n) is 4.75. The van der Waals surface area contributed by atoms with Crippen molar-refractivity contribution in [3.8, 4) is 0 Å². The molecule has 152 valence electrons. The van der Waals surface area contributed by atoms with Gasteiger partial charge in [-0.05, 0) is 5.56 Å². The summed E-state index contributed by atoms with van der Waals surface area (Å²) in [5.41, 5.74) is 1.12. The van der Waals surface area contributed by atoms with E-state index in [4.69, 9.17) is 4.74 Å². The maximum atomic E-state index is 12.3. The molecule has 1 aromatic carbocycles. The molecule has 0 unspecified atom stereocenters. The normalized spacial score (nSPS) is 13.3. The molecule has 0 saturated heterocycles. The van der Waals surface area contributed by atoms with E-state index in [9.17, 15) is 19.2 Å². The van der Waals surface area contributed by atoms with Crippen LogP contribution in [0.25, 0.3) is 0 Å². The Morgan fingerprint density at radius 1 is 1.07 bits per heavy atom. The number of hydrogen-bond donors (Lipinski definition) is 0. The number of hydrazone groups is 1. The summed E-state index contributed by atoms with van der Waals surface area (Å²) in [5, 5.41) is 5.72. The Hall–Kier alpha value is -3.49. The fourth-order valence-electron chi connectivity index (χ4n) is 2.95. The Labute approximate surface area is 166 Å². The highest BCUT2D eigenvalue weighted by Crippen LogP contribution is 2.15. The number of amides is 1. The first kappa shape index (κ1) is 20.2. The van der Waals surface area contributed by atoms with Crippen molar-refractivity contribution in [2.45, 2.75) is 25.9 Å². The van der Waals surface area contributed by atoms with Crippen LogP contribution in [0, 0.1) is 0 Å². The zero-order valence-electron chi connectivity index (χ0n) is 16.3. The summed E-state index contributed by atoms with van der Waals surface area (Å²) in [5.74, 6) is -0.841. The van der Waals surface area contributed by atoms with Crippen molar-refractivity contribution in [3.63, 3.8) is 0 Å². The van der Waals surface area contributed by atoms with Gasteiger partial charge < -0.3 is 4.74 Å². The van der Waals surface area contributed by atoms with Crippen molar-refractivity contribution in [2.24, 2.45) is 19.2 Å². The van der Waals surface area contributed by atoms with Gasteiger partial charge in [0, 0.05) is 33.0 Å². The molecule has 1 aliphatic heterocycles. The predicted molar refractivity (Wildman–Crippen MR) is 105 cm³/mol. The molecule has 2 aromatic rings. The highest BCUT2D eigenvalue weighted by molar-refractivity contribution is 6.02. The van der Waals surface area contributed by atoms with Gasteiger partial charge >= 0.3 is 11.7 Å². The summed E-state index contributed by atoms with van der Waals surface area (Å²) >= 11 is 0. The quantitative estimate of drug-likeness (QED) is 0.661. The topological polar surface area (TPSA) is 103 Å². The third-order valence-corrected chi connectivity index (χ3v) is 4.75. The molecule has 0 bridgehead atoms. The van der Waals surface area contributed by atoms with Gasteiger partial charge in [-0.3, -0.25) is 23.5 Å². The number of nitrogens with zero attached hydrogens (tertiary/aromatic N) is 4. The number of esters is 1. The Morgan fingerprint density at radius 3 is 2.52 bits per heavy atom. The fraction of sp³-hybridized carbons (Fsp3) is 0.350. The van der Waals surface area contributed by atoms with Crippen molar-refractivity contribution in [3.05, 3.63) is 68.5 Å². The van der Waals surface area contributed by atoms with Gasteiger partial charge in [-0.25, -0.2) is 9.80 Å². The van der Waals surface area contributed by atoms with Gasteiger partial charge in [-0.1, -0.05) is 30.3 Å². The van der Waals surface area contributed by atoms with E-state index in [2.05, 4.69) is 5.10 Å². The van der Waals surface area contributed by atoms with Crippen LogP contribution in [0.1, 0.15) is 30.5 Å². The van der Waals surface area contributed by atoms with E-state index in [1.165, 1.54) is 29.7 Å². The highest BCUT2D eigenvalue weighted by atomic mass is 16.5. The third kappa shape index (κ3) is 4.68. The van der Waals surface area contributed by atoms with Crippen LogP contribution in [0.2, 0.25) is 0 Å². The summed E-state index contributed by atoms with van der Waals surface area (Å²) in [7, 11) is 2.86. The van der Waals surface area contributed by atoms with E-state index in [0.717, 1.165) is 15.8 Å². The lowest BCUT2D eigenvalue weighted by Gasteiger charge is -2.12. The van der Waals surface area contributed by atoms with E-state index in [0.29, 0.717) is 13.0 Å². The van der Waals surface area contributed by atoms with Crippen molar-refractivity contribution in [1.82, 2.24) is 14.1 Å². The second-order valence-corrected chi connectivity index (χ2v) is 6.71. The van der Waals surface area contributed by atoms with Crippen LogP contribution in [0.3, 0.4) is 0 Å². The first-order valence-electron chi connectivity index (χ1n) is 9.21. The van der Waals surface area contributed by atoms with E-state index >= 15 is 0 Å². The molecule has 1 aromatic heterocycles. The number of aromatic nitrogens is 2. The van der Waals surface area contributed by atoms with Gasteiger partial charge in [0.25, 0.3) is 5.56 Å². The minimum Gasteiger partial charge on any atom is -0.459 e. The summed E-state index contributed by atoms with van der Waals surface area (Å²) in [6, 6.07) is 10.9. The van der Waals surface area contributed by atoms with Crippen LogP contribution in [0.15, 0.2) is 51.1 Å². The summed E-state index contributed by atoms with van der Waals surface area (Å²) in [6.45, 7) is 0.266. The van der Waals surface area contributed by atoms with Gasteiger partial charge in [-0.15, -0.1) is 0 Å². The Morgan fingerprint density at radius 2 is 1.79 bits per heavy atom. The van der Waals surface area contributed by atoms with Crippen LogP contribution < -0.4 is 11.2 Å². The minimum absolute atomic E-state index is 0.0279. The molecule has 9 heteroatoms. The van der Waals surface area contributed by atoms with E-state index in [-0.39, 0.29) is 31.0 Å². The molecule has 1 aliphatic rings. The van der Waals surface area contributed by atoms with Gasteiger partial charge in [0.2, 0.25) is 5.91 Å². The molecule has 3 rings (SSSR count). The molecular formula is C20H22N4O5. The summed E-state index contributed by atoms with van der Waals surface area (Å²) < 4.78 is 7.31. The van der Waals surface area contributed by atoms with Gasteiger partial charge in [0.05, 0.1) is 24.4 Å². The van der Waals surface area contributed by atoms with Crippen LogP contribution in [-0.2, 0) is 35.0 Å². The number of hydrogen-bond acceptors (Lipinski definition) is 6. The molecule has 0 fully saturated rings. The van der Waals surface area contributed by atoms with E-state index < -0.39 is 17.2 Å². The molecular weight excluding hydrogens is 376 g/mol. The van der Waals surface area contributed by atoms with Crippen LogP contribution in [0.4, 0.5) is 0 Å². The molecule has 9 nitrogen and oxygen atoms in total. The van der Waals surface area contributed by atoms with Crippen LogP contribution in [0.5, 0.6) is 0 Å². The number of ether oxygens (including phenoxy) is 1. The minimum atomic E-state index is -0.585. The van der Waals surface area contributed by atoms with Gasteiger partial charge in [-0.2, -0.15) is 5.10 Å². The van der Waals surface area contributed by atoms with Crippen molar-refractivity contribution in [1.29, 1.82) is 0 Å². The molecule has 0 atom stereocenters. The second kappa shape index (κ2) is 8.68. The largest absolute Gasteiger partial charge is 0.459 e. The first-order chi connectivity index (χ1) is 13.9. The summed E-state index contributed by atoms with van der Waals surface area (Å²) in [6.07, 6.45) is 0.529. The average molecular weight is 398 g/mol. The molecule has 0 radical (unpaired) electrons. The Balaban J connectivity index is 1.51. The average Bonchev–Trinajstić information content (AvgIpc) is 3.23. The van der Waals surface area contributed by atoms with Gasteiger partial charge in [0.1, 0.15) is 6.61 Å². The fourth-order valence-corrected chi connectivity index (χ4v) is 2.95. The summed E-state index contributed by atoms with van der Waals surface area (Å²) in [4.78, 5) is 47.8. The maximum absolute atomic E-state index is 12.3. The number of carbonyl (C=O) groups excluding carboxylic acids is 2. The van der Waals surface area contributed by atoms with Crippen LogP contribution in [-0.4, -0.2) is 38.3 Å². The zero-order chi connectivity index (χ0) is 21.0. The van der Waals surface area contributed by atoms with Gasteiger partial charge in [0.15, 0.2) is 0 Å². The maximum Gasteiger partial charge on any atom is 0.330 e. The van der Waals surface area contributed by atoms with E-state index in [1.54, 1.807) is 0 Å². The second-order valence-electron chi connectivity index (χ2n) is 6.71. The van der Waals surface area contributed by atoms with Crippen molar-refractivity contribution >= 4 is 17.6 Å². The lowest BCUT2D eigenvalue weighted by molar-refractivity contribution is -0.147. The number of benzene rings is 1. The molecule has 2 heterocycles.